The Morgan fingerprint density at radius 1 is 1.04 bits per heavy atom. The van der Waals surface area contributed by atoms with Gasteiger partial charge in [-0.2, -0.15) is 0 Å². The number of carbonyl (C=O) groups is 3. The van der Waals surface area contributed by atoms with Crippen LogP contribution in [-0.2, 0) is 14.4 Å². The van der Waals surface area contributed by atoms with Gasteiger partial charge in [-0.15, -0.1) is 0 Å². The van der Waals surface area contributed by atoms with E-state index in [9.17, 15) is 14.4 Å². The second-order valence-electron chi connectivity index (χ2n) is 5.99. The molecule has 1 aromatic carbocycles. The fourth-order valence-electron chi connectivity index (χ4n) is 1.97. The van der Waals surface area contributed by atoms with Crippen molar-refractivity contribution in [1.29, 1.82) is 0 Å². The van der Waals surface area contributed by atoms with Gasteiger partial charge in [-0.3, -0.25) is 14.4 Å². The summed E-state index contributed by atoms with van der Waals surface area (Å²) in [5, 5.41) is 3.24. The van der Waals surface area contributed by atoms with Gasteiger partial charge in [0.1, 0.15) is 0 Å². The Labute approximate surface area is 157 Å². The second-order valence-corrected chi connectivity index (χ2v) is 6.81. The number of amides is 3. The molecule has 0 fully saturated rings. The normalized spacial score (nSPS) is 11.6. The topological polar surface area (TPSA) is 74.2 Å². The molecule has 0 aliphatic rings. The minimum absolute atomic E-state index is 0.0703. The highest BCUT2D eigenvalue weighted by Gasteiger charge is 2.20. The van der Waals surface area contributed by atoms with Crippen molar-refractivity contribution in [3.05, 3.63) is 28.2 Å². The lowest BCUT2D eigenvalue weighted by atomic mass is 10.3. The summed E-state index contributed by atoms with van der Waals surface area (Å²) in [4.78, 5) is 39.4. The van der Waals surface area contributed by atoms with E-state index in [1.807, 2.05) is 0 Å². The molecule has 0 saturated carbocycles. The molecule has 1 rings (SSSR count). The number of anilines is 1. The second kappa shape index (κ2) is 9.60. The first-order valence-electron chi connectivity index (χ1n) is 7.61. The Balaban J connectivity index is 2.54. The number of nitrogens with zero attached hydrogens (tertiary/aromatic N) is 2. The summed E-state index contributed by atoms with van der Waals surface area (Å²) in [5.74, 6) is -0.726. The van der Waals surface area contributed by atoms with Crippen molar-refractivity contribution in [3.8, 4) is 0 Å². The lowest BCUT2D eigenvalue weighted by Crippen LogP contribution is -3.11. The van der Waals surface area contributed by atoms with Crippen molar-refractivity contribution in [1.82, 2.24) is 9.80 Å². The highest BCUT2D eigenvalue weighted by atomic mass is 35.5. The number of para-hydroxylation sites is 1. The molecule has 1 unspecified atom stereocenters. The van der Waals surface area contributed by atoms with E-state index in [0.29, 0.717) is 15.7 Å². The molecule has 25 heavy (non-hydrogen) atoms. The molecule has 0 aromatic heterocycles. The summed E-state index contributed by atoms with van der Waals surface area (Å²) in [7, 11) is 6.59. The largest absolute Gasteiger partial charge is 0.344 e. The molecule has 7 nitrogen and oxygen atoms in total. The zero-order chi connectivity index (χ0) is 19.1. The first kappa shape index (κ1) is 21.2. The summed E-state index contributed by atoms with van der Waals surface area (Å²) >= 11 is 12.0. The maximum Gasteiger partial charge on any atom is 0.277 e. The molecule has 3 amide bonds. The SMILES string of the molecule is CN(C)C(=O)C[NH+](C)CC(=O)N(C)CC(=O)Nc1c(Cl)cccc1Cl. The fraction of sp³-hybridized carbons (Fsp3) is 0.438. The monoisotopic (exact) mass is 389 g/mol. The summed E-state index contributed by atoms with van der Waals surface area (Å²) in [6.45, 7) is 0.166. The molecule has 2 N–H and O–H groups in total. The van der Waals surface area contributed by atoms with Gasteiger partial charge in [-0.05, 0) is 12.1 Å². The molecule has 138 valence electrons. The van der Waals surface area contributed by atoms with Crippen LogP contribution in [0, 0.1) is 0 Å². The van der Waals surface area contributed by atoms with Crippen LogP contribution in [0.5, 0.6) is 0 Å². The van der Waals surface area contributed by atoms with Crippen LogP contribution in [0.1, 0.15) is 0 Å². The lowest BCUT2D eigenvalue weighted by Gasteiger charge is -2.20. The first-order chi connectivity index (χ1) is 11.6. The summed E-state index contributed by atoms with van der Waals surface area (Å²) in [6, 6.07) is 4.89. The van der Waals surface area contributed by atoms with E-state index in [-0.39, 0.29) is 31.4 Å². The number of carbonyl (C=O) groups excluding carboxylic acids is 3. The molecule has 0 aliphatic heterocycles. The lowest BCUT2D eigenvalue weighted by molar-refractivity contribution is -0.863. The third kappa shape index (κ3) is 6.89. The molecule has 9 heteroatoms. The van der Waals surface area contributed by atoms with Gasteiger partial charge in [0.05, 0.1) is 29.3 Å². The molecule has 0 aliphatic carbocycles. The van der Waals surface area contributed by atoms with Crippen LogP contribution in [0.2, 0.25) is 10.0 Å². The zero-order valence-electron chi connectivity index (χ0n) is 14.7. The van der Waals surface area contributed by atoms with E-state index >= 15 is 0 Å². The Bertz CT molecular complexity index is 632. The van der Waals surface area contributed by atoms with Crippen molar-refractivity contribution in [2.75, 3.05) is 53.1 Å². The minimum Gasteiger partial charge on any atom is -0.344 e. The van der Waals surface area contributed by atoms with Crippen LogP contribution in [0.4, 0.5) is 5.69 Å². The third-order valence-corrected chi connectivity index (χ3v) is 4.07. The number of halogens is 2. The van der Waals surface area contributed by atoms with E-state index in [4.69, 9.17) is 23.2 Å². The van der Waals surface area contributed by atoms with Gasteiger partial charge in [0.15, 0.2) is 13.1 Å². The van der Waals surface area contributed by atoms with E-state index in [0.717, 1.165) is 4.90 Å². The summed E-state index contributed by atoms with van der Waals surface area (Å²) in [6.07, 6.45) is 0. The van der Waals surface area contributed by atoms with Crippen molar-refractivity contribution in [2.45, 2.75) is 0 Å². The first-order valence-corrected chi connectivity index (χ1v) is 8.36. The predicted octanol–water partition coefficient (Wildman–Crippen LogP) is -0.00680. The molecule has 0 bridgehead atoms. The highest BCUT2D eigenvalue weighted by molar-refractivity contribution is 6.39. The highest BCUT2D eigenvalue weighted by Crippen LogP contribution is 2.29. The molecule has 0 radical (unpaired) electrons. The number of quaternary nitrogens is 1. The van der Waals surface area contributed by atoms with Crippen molar-refractivity contribution in [3.63, 3.8) is 0 Å². The van der Waals surface area contributed by atoms with E-state index in [1.165, 1.54) is 16.8 Å². The van der Waals surface area contributed by atoms with Gasteiger partial charge in [0.2, 0.25) is 5.91 Å². The van der Waals surface area contributed by atoms with E-state index < -0.39 is 5.91 Å². The van der Waals surface area contributed by atoms with Crippen molar-refractivity contribution in [2.24, 2.45) is 0 Å². The molecule has 0 saturated heterocycles. The maximum atomic E-state index is 12.2. The van der Waals surface area contributed by atoms with E-state index in [1.54, 1.807) is 39.3 Å². The molecule has 0 spiro atoms. The average molecular weight is 390 g/mol. The smallest absolute Gasteiger partial charge is 0.277 e. The van der Waals surface area contributed by atoms with Crippen LogP contribution >= 0.6 is 23.2 Å². The number of benzene rings is 1. The number of hydrogen-bond acceptors (Lipinski definition) is 3. The van der Waals surface area contributed by atoms with Gasteiger partial charge in [0, 0.05) is 21.1 Å². The van der Waals surface area contributed by atoms with Crippen LogP contribution in [0.15, 0.2) is 18.2 Å². The maximum absolute atomic E-state index is 12.2. The quantitative estimate of drug-likeness (QED) is 0.688. The summed E-state index contributed by atoms with van der Waals surface area (Å²) in [5.41, 5.74) is 0.316. The van der Waals surface area contributed by atoms with Crippen LogP contribution in [-0.4, -0.2) is 75.3 Å². The molecule has 1 aromatic rings. The standard InChI is InChI=1S/C16H22Cl2N4O3/c1-20(2)14(24)9-21(3)10-15(25)22(4)8-13(23)19-16-11(17)6-5-7-12(16)18/h5-7H,8-10H2,1-4H3,(H,19,23)/p+1. The Hall–Kier alpha value is -1.83. The van der Waals surface area contributed by atoms with Crippen LogP contribution in [0.25, 0.3) is 0 Å². The van der Waals surface area contributed by atoms with Gasteiger partial charge in [0.25, 0.3) is 11.8 Å². The Kier molecular flexibility index (Phi) is 8.15. The van der Waals surface area contributed by atoms with Crippen molar-refractivity contribution < 1.29 is 19.3 Å². The minimum atomic E-state index is -0.409. The number of nitrogens with one attached hydrogen (secondary N) is 2. The Morgan fingerprint density at radius 2 is 1.56 bits per heavy atom. The molecule has 0 heterocycles. The molecular formula is C16H23Cl2N4O3+. The predicted molar refractivity (Wildman–Crippen MR) is 98.0 cm³/mol. The summed E-state index contributed by atoms with van der Waals surface area (Å²) < 4.78 is 0. The van der Waals surface area contributed by atoms with Gasteiger partial charge in [-0.1, -0.05) is 29.3 Å². The Morgan fingerprint density at radius 3 is 2.08 bits per heavy atom. The fourth-order valence-corrected chi connectivity index (χ4v) is 2.46. The van der Waals surface area contributed by atoms with Crippen molar-refractivity contribution >= 4 is 46.6 Å². The number of hydrogen-bond donors (Lipinski definition) is 2. The average Bonchev–Trinajstić information content (AvgIpc) is 2.50. The van der Waals surface area contributed by atoms with E-state index in [2.05, 4.69) is 5.32 Å². The number of likely N-dealkylation sites (N-methyl/N-ethyl adjacent to an activating group) is 3. The van der Waals surface area contributed by atoms with Gasteiger partial charge < -0.3 is 20.0 Å². The van der Waals surface area contributed by atoms with Gasteiger partial charge >= 0.3 is 0 Å². The van der Waals surface area contributed by atoms with Gasteiger partial charge in [-0.25, -0.2) is 0 Å². The zero-order valence-corrected chi connectivity index (χ0v) is 16.2. The number of rotatable bonds is 7. The van der Waals surface area contributed by atoms with Crippen LogP contribution in [0.3, 0.4) is 0 Å². The third-order valence-electron chi connectivity index (χ3n) is 3.44. The molecular weight excluding hydrogens is 367 g/mol. The van der Waals surface area contributed by atoms with Crippen LogP contribution < -0.4 is 10.2 Å². The molecule has 1 atom stereocenters.